The van der Waals surface area contributed by atoms with Gasteiger partial charge in [-0.25, -0.2) is 4.98 Å². The van der Waals surface area contributed by atoms with Crippen LogP contribution in [0.4, 0.5) is 0 Å². The number of rotatable bonds is 7. The van der Waals surface area contributed by atoms with Crippen LogP contribution in [0.15, 0.2) is 41.5 Å². The molecule has 164 valence electrons. The number of benzene rings is 1. The Hall–Kier alpha value is -2.48. The molecule has 31 heavy (non-hydrogen) atoms. The lowest BCUT2D eigenvalue weighted by Crippen LogP contribution is -2.43. The van der Waals surface area contributed by atoms with E-state index in [-0.39, 0.29) is 5.56 Å². The summed E-state index contributed by atoms with van der Waals surface area (Å²) in [6.45, 7) is 6.17. The van der Waals surface area contributed by atoms with Crippen LogP contribution in [0.3, 0.4) is 0 Å². The van der Waals surface area contributed by atoms with Crippen molar-refractivity contribution in [1.82, 2.24) is 24.8 Å². The van der Waals surface area contributed by atoms with E-state index >= 15 is 0 Å². The van der Waals surface area contributed by atoms with Crippen LogP contribution in [0.25, 0.3) is 11.0 Å². The molecule has 1 aliphatic rings. The molecule has 1 fully saturated rings. The molecule has 7 nitrogen and oxygen atoms in total. The largest absolute Gasteiger partial charge is 0.497 e. The number of hydrogen-bond acceptors (Lipinski definition) is 6. The Morgan fingerprint density at radius 3 is 2.71 bits per heavy atom. The van der Waals surface area contributed by atoms with Crippen molar-refractivity contribution in [2.75, 3.05) is 26.7 Å². The summed E-state index contributed by atoms with van der Waals surface area (Å²) in [5, 5.41) is 4.34. The number of methoxy groups -OCH3 is 1. The first-order valence-electron chi connectivity index (χ1n) is 10.6. The van der Waals surface area contributed by atoms with Crippen LogP contribution >= 0.6 is 11.6 Å². The Kier molecular flexibility index (Phi) is 6.85. The topological polar surface area (TPSA) is 72.3 Å². The third kappa shape index (κ3) is 5.23. The summed E-state index contributed by atoms with van der Waals surface area (Å²) in [5.74, 6) is 0.727. The summed E-state index contributed by atoms with van der Waals surface area (Å²) in [5.41, 5.74) is 3.50. The fourth-order valence-corrected chi connectivity index (χ4v) is 4.20. The molecule has 1 N–H and O–H groups in total. The maximum Gasteiger partial charge on any atom is 0.269 e. The summed E-state index contributed by atoms with van der Waals surface area (Å²) in [6.07, 6.45) is 5.44. The molecule has 2 aromatic heterocycles. The molecule has 0 aliphatic carbocycles. The predicted octanol–water partition coefficient (Wildman–Crippen LogP) is 3.02. The minimum atomic E-state index is -0.0809. The van der Waals surface area contributed by atoms with Crippen LogP contribution in [-0.4, -0.2) is 52.2 Å². The van der Waals surface area contributed by atoms with Crippen molar-refractivity contribution in [3.05, 3.63) is 63.3 Å². The summed E-state index contributed by atoms with van der Waals surface area (Å²) < 4.78 is 7.11. The minimum absolute atomic E-state index is 0.0809. The number of pyridine rings is 1. The van der Waals surface area contributed by atoms with E-state index in [1.807, 2.05) is 37.4 Å². The second kappa shape index (κ2) is 9.77. The van der Waals surface area contributed by atoms with Gasteiger partial charge in [0.25, 0.3) is 5.56 Å². The number of piperidine rings is 1. The summed E-state index contributed by atoms with van der Waals surface area (Å²) in [7, 11) is 1.63. The van der Waals surface area contributed by atoms with E-state index in [9.17, 15) is 4.79 Å². The van der Waals surface area contributed by atoms with Crippen molar-refractivity contribution in [2.24, 2.45) is 0 Å². The molecule has 1 aromatic carbocycles. The van der Waals surface area contributed by atoms with Gasteiger partial charge in [-0.2, -0.15) is 0 Å². The summed E-state index contributed by atoms with van der Waals surface area (Å²) in [4.78, 5) is 23.4. The molecule has 4 rings (SSSR count). The lowest BCUT2D eigenvalue weighted by molar-refractivity contribution is 0.191. The first-order chi connectivity index (χ1) is 15.0. The van der Waals surface area contributed by atoms with Gasteiger partial charge in [-0.15, -0.1) is 0 Å². The third-order valence-corrected chi connectivity index (χ3v) is 6.34. The van der Waals surface area contributed by atoms with Gasteiger partial charge in [0.15, 0.2) is 0 Å². The zero-order valence-corrected chi connectivity index (χ0v) is 18.7. The Morgan fingerprint density at radius 1 is 1.16 bits per heavy atom. The van der Waals surface area contributed by atoms with Crippen LogP contribution in [0.5, 0.6) is 5.75 Å². The van der Waals surface area contributed by atoms with Crippen LogP contribution < -0.4 is 15.6 Å². The number of nitrogens with one attached hydrogen (secondary N) is 1. The molecule has 3 heterocycles. The number of aryl methyl sites for hydroxylation is 1. The van der Waals surface area contributed by atoms with Gasteiger partial charge < -0.3 is 19.5 Å². The number of aromatic nitrogens is 3. The smallest absolute Gasteiger partial charge is 0.269 e. The van der Waals surface area contributed by atoms with Gasteiger partial charge in [0.2, 0.25) is 0 Å². The van der Waals surface area contributed by atoms with Gasteiger partial charge in [0.05, 0.1) is 35.1 Å². The molecule has 1 aliphatic heterocycles. The van der Waals surface area contributed by atoms with Crippen molar-refractivity contribution < 1.29 is 4.74 Å². The first kappa shape index (κ1) is 21.7. The van der Waals surface area contributed by atoms with Crippen molar-refractivity contribution in [3.8, 4) is 5.75 Å². The second-order valence-corrected chi connectivity index (χ2v) is 8.42. The first-order valence-corrected chi connectivity index (χ1v) is 11.0. The normalized spacial score (nSPS) is 15.5. The fraction of sp³-hybridized carbons (Fsp3) is 0.435. The molecule has 1 saturated heterocycles. The monoisotopic (exact) mass is 441 g/mol. The molecular weight excluding hydrogens is 414 g/mol. The van der Waals surface area contributed by atoms with Crippen LogP contribution in [-0.2, 0) is 13.1 Å². The molecule has 0 bridgehead atoms. The highest BCUT2D eigenvalue weighted by Crippen LogP contribution is 2.19. The number of hydrogen-bond donors (Lipinski definition) is 1. The van der Waals surface area contributed by atoms with Crippen molar-refractivity contribution in [1.29, 1.82) is 0 Å². The molecule has 0 saturated carbocycles. The summed E-state index contributed by atoms with van der Waals surface area (Å²) in [6, 6.07) is 8.09. The average Bonchev–Trinajstić information content (AvgIpc) is 2.79. The van der Waals surface area contributed by atoms with Crippen LogP contribution in [0.2, 0.25) is 5.02 Å². The number of nitrogens with zero attached hydrogens (tertiary/aromatic N) is 4. The minimum Gasteiger partial charge on any atom is -0.497 e. The van der Waals surface area contributed by atoms with Gasteiger partial charge in [-0.3, -0.25) is 9.78 Å². The number of ether oxygens (including phenoxy) is 1. The molecule has 0 unspecified atom stereocenters. The van der Waals surface area contributed by atoms with E-state index in [0.717, 1.165) is 67.1 Å². The molecular formula is C23H28ClN5O2. The van der Waals surface area contributed by atoms with Crippen LogP contribution in [0.1, 0.15) is 24.1 Å². The second-order valence-electron chi connectivity index (χ2n) is 8.01. The van der Waals surface area contributed by atoms with Crippen molar-refractivity contribution in [3.63, 3.8) is 0 Å². The van der Waals surface area contributed by atoms with Crippen LogP contribution in [0, 0.1) is 6.92 Å². The lowest BCUT2D eigenvalue weighted by Gasteiger charge is -2.32. The van der Waals surface area contributed by atoms with Gasteiger partial charge >= 0.3 is 0 Å². The van der Waals surface area contributed by atoms with Gasteiger partial charge in [-0.1, -0.05) is 11.6 Å². The molecule has 0 atom stereocenters. The maximum absolute atomic E-state index is 12.4. The van der Waals surface area contributed by atoms with E-state index in [0.29, 0.717) is 17.6 Å². The average molecular weight is 442 g/mol. The fourth-order valence-electron chi connectivity index (χ4n) is 4.01. The highest BCUT2D eigenvalue weighted by Gasteiger charge is 2.19. The zero-order valence-electron chi connectivity index (χ0n) is 18.0. The summed E-state index contributed by atoms with van der Waals surface area (Å²) >= 11 is 6.17. The van der Waals surface area contributed by atoms with E-state index in [1.54, 1.807) is 11.7 Å². The van der Waals surface area contributed by atoms with Gasteiger partial charge in [0.1, 0.15) is 5.75 Å². The Balaban J connectivity index is 1.31. The molecule has 3 aromatic rings. The molecule has 0 radical (unpaired) electrons. The highest BCUT2D eigenvalue weighted by atomic mass is 35.5. The van der Waals surface area contributed by atoms with E-state index in [1.165, 1.54) is 6.20 Å². The maximum atomic E-state index is 12.4. The van der Waals surface area contributed by atoms with E-state index in [2.05, 4.69) is 20.2 Å². The predicted molar refractivity (Wildman–Crippen MR) is 123 cm³/mol. The Labute approximate surface area is 187 Å². The zero-order chi connectivity index (χ0) is 21.8. The van der Waals surface area contributed by atoms with Gasteiger partial charge in [-0.05, 0) is 56.6 Å². The van der Waals surface area contributed by atoms with E-state index < -0.39 is 0 Å². The number of likely N-dealkylation sites (tertiary alicyclic amines) is 1. The SMILES string of the molecule is COc1ccc2ncc(=O)n(CCN3CCC(NCc4cnc(C)c(Cl)c4)CC3)c2c1. The standard InChI is InChI=1S/C23H28ClN5O2/c1-16-20(24)11-17(13-25-16)14-26-18-5-7-28(8-6-18)9-10-29-22-12-19(31-2)3-4-21(22)27-15-23(29)30/h3-4,11-13,15,18,26H,5-10,14H2,1-2H3. The quantitative estimate of drug-likeness (QED) is 0.607. The Bertz CT molecular complexity index is 1110. The molecule has 0 amide bonds. The van der Waals surface area contributed by atoms with E-state index in [4.69, 9.17) is 16.3 Å². The van der Waals surface area contributed by atoms with Crippen molar-refractivity contribution >= 4 is 22.6 Å². The number of fused-ring (bicyclic) bond motifs is 1. The number of halogens is 1. The molecule has 8 heteroatoms. The molecule has 0 spiro atoms. The van der Waals surface area contributed by atoms with Gasteiger partial charge in [0, 0.05) is 37.9 Å². The lowest BCUT2D eigenvalue weighted by atomic mass is 10.0. The Morgan fingerprint density at radius 2 is 1.97 bits per heavy atom. The third-order valence-electron chi connectivity index (χ3n) is 5.96. The highest BCUT2D eigenvalue weighted by molar-refractivity contribution is 6.31. The van der Waals surface area contributed by atoms with Crippen molar-refractivity contribution in [2.45, 2.75) is 38.9 Å².